The van der Waals surface area contributed by atoms with E-state index in [2.05, 4.69) is 18.0 Å². The fourth-order valence-corrected chi connectivity index (χ4v) is 0.608. The first kappa shape index (κ1) is 4.63. The average molecular weight is 95.1 g/mol. The molecular weight excluding hydrogens is 86.1 g/mol. The van der Waals surface area contributed by atoms with Gasteiger partial charge in [-0.2, -0.15) is 0 Å². The molecule has 7 heavy (non-hydrogen) atoms. The number of hydrogen-bond acceptors (Lipinski definition) is 1. The number of rotatable bonds is 0. The van der Waals surface area contributed by atoms with Crippen LogP contribution in [0.3, 0.4) is 0 Å². The summed E-state index contributed by atoms with van der Waals surface area (Å²) in [6, 6.07) is 0. The Kier molecular flexibility index (Phi) is 1.30. The maximum Gasteiger partial charge on any atom is 0.0240 e. The minimum Gasteiger partial charge on any atom is -0.308 e. The Labute approximate surface area is 43.7 Å². The van der Waals surface area contributed by atoms with Crippen molar-refractivity contribution < 1.29 is 0 Å². The molecule has 0 fully saturated rings. The van der Waals surface area contributed by atoms with Crippen molar-refractivity contribution in [3.05, 3.63) is 17.4 Å². The molecule has 0 radical (unpaired) electrons. The van der Waals surface area contributed by atoms with E-state index in [1.807, 2.05) is 6.08 Å². The zero-order chi connectivity index (χ0) is 5.11. The quantitative estimate of drug-likeness (QED) is 0.436. The highest BCUT2D eigenvalue weighted by molar-refractivity contribution is 5.04. The fraction of sp³-hybridized carbons (Fsp3) is 0.500. The molecular formula is C6H9N. The van der Waals surface area contributed by atoms with Crippen molar-refractivity contribution in [3.63, 3.8) is 0 Å². The molecule has 0 aromatic carbocycles. The van der Waals surface area contributed by atoms with Crippen LogP contribution >= 0.6 is 0 Å². The third-order valence-electron chi connectivity index (χ3n) is 0.985. The molecule has 0 spiro atoms. The molecule has 0 atom stereocenters. The monoisotopic (exact) mass is 95.1 g/mol. The van der Waals surface area contributed by atoms with E-state index in [1.165, 1.54) is 5.57 Å². The van der Waals surface area contributed by atoms with Crippen molar-refractivity contribution in [2.24, 2.45) is 0 Å². The lowest BCUT2D eigenvalue weighted by molar-refractivity contribution is 0.800. The molecule has 1 heterocycles. The minimum absolute atomic E-state index is 0.983. The van der Waals surface area contributed by atoms with Gasteiger partial charge >= 0.3 is 0 Å². The Morgan fingerprint density at radius 1 is 1.86 bits per heavy atom. The summed E-state index contributed by atoms with van der Waals surface area (Å²) < 4.78 is 0. The Balaban J connectivity index is 2.68. The molecule has 0 bridgehead atoms. The Bertz CT molecular complexity index is 118. The third-order valence-corrected chi connectivity index (χ3v) is 0.985. The SMILES string of the molecule is CC1=C=CCNC1. The molecule has 1 N–H and O–H groups in total. The Hall–Kier alpha value is -0.520. The molecule has 0 saturated carbocycles. The van der Waals surface area contributed by atoms with E-state index in [0.717, 1.165) is 13.1 Å². The van der Waals surface area contributed by atoms with E-state index >= 15 is 0 Å². The van der Waals surface area contributed by atoms with Crippen LogP contribution in [0.1, 0.15) is 6.92 Å². The Morgan fingerprint density at radius 3 is 3.00 bits per heavy atom. The van der Waals surface area contributed by atoms with Crippen LogP contribution < -0.4 is 5.32 Å². The van der Waals surface area contributed by atoms with E-state index in [9.17, 15) is 0 Å². The van der Waals surface area contributed by atoms with Gasteiger partial charge in [0.15, 0.2) is 0 Å². The van der Waals surface area contributed by atoms with Gasteiger partial charge in [0.2, 0.25) is 0 Å². The lowest BCUT2D eigenvalue weighted by atomic mass is 10.3. The van der Waals surface area contributed by atoms with Crippen molar-refractivity contribution in [1.29, 1.82) is 0 Å². The predicted octanol–water partition coefficient (Wildman–Crippen LogP) is 0.691. The third kappa shape index (κ3) is 1.19. The van der Waals surface area contributed by atoms with Gasteiger partial charge in [0.05, 0.1) is 0 Å². The van der Waals surface area contributed by atoms with Crippen molar-refractivity contribution in [2.45, 2.75) is 6.92 Å². The van der Waals surface area contributed by atoms with Crippen LogP contribution in [0.15, 0.2) is 17.4 Å². The van der Waals surface area contributed by atoms with Crippen LogP contribution in [-0.4, -0.2) is 13.1 Å². The maximum absolute atomic E-state index is 3.18. The van der Waals surface area contributed by atoms with Crippen LogP contribution in [0.25, 0.3) is 0 Å². The largest absolute Gasteiger partial charge is 0.308 e. The molecule has 0 aliphatic carbocycles. The van der Waals surface area contributed by atoms with Crippen LogP contribution in [0.2, 0.25) is 0 Å². The highest BCUT2D eigenvalue weighted by Gasteiger charge is 1.88. The molecule has 1 nitrogen and oxygen atoms in total. The second-order valence-corrected chi connectivity index (χ2v) is 1.76. The van der Waals surface area contributed by atoms with Crippen molar-refractivity contribution in [1.82, 2.24) is 5.32 Å². The first-order valence-electron chi connectivity index (χ1n) is 2.51. The minimum atomic E-state index is 0.983. The molecule has 0 aromatic heterocycles. The van der Waals surface area contributed by atoms with Gasteiger partial charge in [-0.05, 0) is 18.6 Å². The first-order chi connectivity index (χ1) is 3.39. The van der Waals surface area contributed by atoms with Crippen molar-refractivity contribution in [3.8, 4) is 0 Å². The van der Waals surface area contributed by atoms with Crippen LogP contribution in [-0.2, 0) is 0 Å². The standard InChI is InChI=1S/C6H9N/c1-6-3-2-4-7-5-6/h2,7H,4-5H2,1H3. The summed E-state index contributed by atoms with van der Waals surface area (Å²) in [5, 5.41) is 3.18. The van der Waals surface area contributed by atoms with E-state index in [1.54, 1.807) is 0 Å². The topological polar surface area (TPSA) is 12.0 Å². The van der Waals surface area contributed by atoms with Crippen molar-refractivity contribution >= 4 is 0 Å². The summed E-state index contributed by atoms with van der Waals surface area (Å²) in [5.41, 5.74) is 4.41. The van der Waals surface area contributed by atoms with Gasteiger partial charge in [0.1, 0.15) is 0 Å². The lowest BCUT2D eigenvalue weighted by Gasteiger charge is -2.01. The average Bonchev–Trinajstić information content (AvgIpc) is 1.69. The second-order valence-electron chi connectivity index (χ2n) is 1.76. The highest BCUT2D eigenvalue weighted by atomic mass is 14.8. The molecule has 38 valence electrons. The summed E-state index contributed by atoms with van der Waals surface area (Å²) in [6.07, 6.45) is 2.01. The van der Waals surface area contributed by atoms with E-state index in [4.69, 9.17) is 0 Å². The summed E-state index contributed by atoms with van der Waals surface area (Å²) in [6.45, 7) is 4.07. The molecule has 0 saturated heterocycles. The number of hydrogen-bond donors (Lipinski definition) is 1. The van der Waals surface area contributed by atoms with Crippen molar-refractivity contribution in [2.75, 3.05) is 13.1 Å². The second kappa shape index (κ2) is 1.97. The lowest BCUT2D eigenvalue weighted by Crippen LogP contribution is -2.17. The smallest absolute Gasteiger partial charge is 0.0240 e. The molecule has 1 rings (SSSR count). The molecule has 1 heteroatoms. The van der Waals surface area contributed by atoms with Gasteiger partial charge in [-0.15, -0.1) is 5.73 Å². The van der Waals surface area contributed by atoms with Gasteiger partial charge < -0.3 is 5.32 Å². The van der Waals surface area contributed by atoms with Gasteiger partial charge in [-0.25, -0.2) is 0 Å². The zero-order valence-corrected chi connectivity index (χ0v) is 4.49. The summed E-state index contributed by atoms with van der Waals surface area (Å²) in [7, 11) is 0. The number of nitrogens with one attached hydrogen (secondary N) is 1. The van der Waals surface area contributed by atoms with Crippen LogP contribution in [0, 0.1) is 0 Å². The maximum atomic E-state index is 3.18. The zero-order valence-electron chi connectivity index (χ0n) is 4.49. The molecule has 0 amide bonds. The molecule has 1 aliphatic rings. The van der Waals surface area contributed by atoms with Crippen LogP contribution in [0.4, 0.5) is 0 Å². The van der Waals surface area contributed by atoms with Gasteiger partial charge in [-0.1, -0.05) is 0 Å². The van der Waals surface area contributed by atoms with E-state index in [-0.39, 0.29) is 0 Å². The molecule has 0 unspecified atom stereocenters. The normalized spacial score (nSPS) is 19.3. The van der Waals surface area contributed by atoms with Gasteiger partial charge in [0, 0.05) is 13.1 Å². The van der Waals surface area contributed by atoms with Crippen LogP contribution in [0.5, 0.6) is 0 Å². The highest BCUT2D eigenvalue weighted by Crippen LogP contribution is 1.88. The summed E-state index contributed by atoms with van der Waals surface area (Å²) >= 11 is 0. The predicted molar refractivity (Wildman–Crippen MR) is 30.1 cm³/mol. The molecule has 1 aliphatic heterocycles. The van der Waals surface area contributed by atoms with Gasteiger partial charge in [0.25, 0.3) is 0 Å². The van der Waals surface area contributed by atoms with E-state index < -0.39 is 0 Å². The summed E-state index contributed by atoms with van der Waals surface area (Å²) in [5.74, 6) is 0. The van der Waals surface area contributed by atoms with Gasteiger partial charge in [-0.3, -0.25) is 0 Å². The Morgan fingerprint density at radius 2 is 2.71 bits per heavy atom. The van der Waals surface area contributed by atoms with E-state index in [0.29, 0.717) is 0 Å². The first-order valence-corrected chi connectivity index (χ1v) is 2.51. The fourth-order valence-electron chi connectivity index (χ4n) is 0.608. The summed E-state index contributed by atoms with van der Waals surface area (Å²) in [4.78, 5) is 0. The molecule has 0 aromatic rings.